The van der Waals surface area contributed by atoms with E-state index in [2.05, 4.69) is 21.3 Å². The summed E-state index contributed by atoms with van der Waals surface area (Å²) < 4.78 is 5.48. The summed E-state index contributed by atoms with van der Waals surface area (Å²) in [4.78, 5) is 16.4. The Morgan fingerprint density at radius 3 is 2.67 bits per heavy atom. The Labute approximate surface area is 164 Å². The second-order valence-electron chi connectivity index (χ2n) is 6.95. The molecule has 1 saturated heterocycles. The molecule has 1 fully saturated rings. The van der Waals surface area contributed by atoms with Gasteiger partial charge in [0.05, 0.1) is 29.2 Å². The second kappa shape index (κ2) is 7.64. The minimum atomic E-state index is 0.507. The number of nitrogens with zero attached hydrogens (tertiary/aromatic N) is 4. The van der Waals surface area contributed by atoms with Crippen LogP contribution in [0.25, 0.3) is 11.3 Å². The van der Waals surface area contributed by atoms with Crippen molar-refractivity contribution in [3.05, 3.63) is 52.2 Å². The molecule has 0 saturated carbocycles. The largest absolute Gasteiger partial charge is 0.496 e. The van der Waals surface area contributed by atoms with Crippen molar-refractivity contribution in [3.8, 4) is 17.0 Å². The molecule has 0 unspecified atom stereocenters. The fraction of sp³-hybridized carbons (Fsp3) is 0.381. The van der Waals surface area contributed by atoms with Crippen molar-refractivity contribution in [1.29, 1.82) is 0 Å². The first-order valence-corrected chi connectivity index (χ1v) is 10.2. The van der Waals surface area contributed by atoms with Crippen LogP contribution in [0, 0.1) is 13.8 Å². The Bertz CT molecular complexity index is 931. The lowest BCUT2D eigenvalue weighted by atomic mass is 9.97. The van der Waals surface area contributed by atoms with Crippen LogP contribution in [0.4, 0.5) is 5.82 Å². The average Bonchev–Trinajstić information content (AvgIpc) is 3.20. The first kappa shape index (κ1) is 17.9. The zero-order valence-corrected chi connectivity index (χ0v) is 16.8. The normalized spacial score (nSPS) is 15.1. The first-order valence-electron chi connectivity index (χ1n) is 9.29. The number of aromatic nitrogens is 3. The van der Waals surface area contributed by atoms with Crippen LogP contribution in [0.5, 0.6) is 5.75 Å². The van der Waals surface area contributed by atoms with Crippen molar-refractivity contribution in [2.24, 2.45) is 0 Å². The lowest BCUT2D eigenvalue weighted by Gasteiger charge is -2.32. The van der Waals surface area contributed by atoms with E-state index in [-0.39, 0.29) is 0 Å². The summed E-state index contributed by atoms with van der Waals surface area (Å²) in [7, 11) is 1.71. The van der Waals surface area contributed by atoms with Crippen molar-refractivity contribution < 1.29 is 4.74 Å². The van der Waals surface area contributed by atoms with Crippen LogP contribution in [0.2, 0.25) is 0 Å². The van der Waals surface area contributed by atoms with Gasteiger partial charge in [-0.15, -0.1) is 11.3 Å². The summed E-state index contributed by atoms with van der Waals surface area (Å²) >= 11 is 1.76. The van der Waals surface area contributed by atoms with Crippen molar-refractivity contribution in [1.82, 2.24) is 15.0 Å². The van der Waals surface area contributed by atoms with Crippen molar-refractivity contribution in [3.63, 3.8) is 0 Å². The molecule has 0 N–H and O–H groups in total. The molecule has 1 aromatic carbocycles. The monoisotopic (exact) mass is 380 g/mol. The molecule has 27 heavy (non-hydrogen) atoms. The highest BCUT2D eigenvalue weighted by molar-refractivity contribution is 7.10. The molecule has 1 aliphatic rings. The van der Waals surface area contributed by atoms with Crippen LogP contribution < -0.4 is 9.64 Å². The highest BCUT2D eigenvalue weighted by atomic mass is 32.1. The zero-order chi connectivity index (χ0) is 18.8. The van der Waals surface area contributed by atoms with E-state index in [0.29, 0.717) is 5.92 Å². The van der Waals surface area contributed by atoms with Gasteiger partial charge in [-0.1, -0.05) is 12.1 Å². The molecule has 0 amide bonds. The Morgan fingerprint density at radius 2 is 1.89 bits per heavy atom. The van der Waals surface area contributed by atoms with Crippen LogP contribution >= 0.6 is 11.3 Å². The summed E-state index contributed by atoms with van der Waals surface area (Å²) in [6.07, 6.45) is 4.02. The van der Waals surface area contributed by atoms with Gasteiger partial charge in [-0.05, 0) is 38.8 Å². The fourth-order valence-electron chi connectivity index (χ4n) is 3.62. The molecular weight excluding hydrogens is 356 g/mol. The smallest absolute Gasteiger partial charge is 0.150 e. The second-order valence-corrected chi connectivity index (χ2v) is 7.84. The predicted molar refractivity (Wildman–Crippen MR) is 110 cm³/mol. The number of thiazole rings is 1. The van der Waals surface area contributed by atoms with Gasteiger partial charge >= 0.3 is 0 Å². The highest BCUT2D eigenvalue weighted by Crippen LogP contribution is 2.36. The molecular formula is C21H24N4OS. The molecule has 0 atom stereocenters. The van der Waals surface area contributed by atoms with Gasteiger partial charge in [0, 0.05) is 36.1 Å². The lowest BCUT2D eigenvalue weighted by molar-refractivity contribution is 0.416. The van der Waals surface area contributed by atoms with Gasteiger partial charge in [-0.3, -0.25) is 4.98 Å². The molecule has 1 aliphatic heterocycles. The molecule has 140 valence electrons. The van der Waals surface area contributed by atoms with E-state index >= 15 is 0 Å². The third-order valence-corrected chi connectivity index (χ3v) is 6.11. The van der Waals surface area contributed by atoms with Crippen LogP contribution in [-0.2, 0) is 0 Å². The summed E-state index contributed by atoms with van der Waals surface area (Å²) in [5, 5.41) is 3.37. The maximum atomic E-state index is 5.48. The number of anilines is 1. The van der Waals surface area contributed by atoms with Gasteiger partial charge in [-0.2, -0.15) is 0 Å². The molecule has 0 spiro atoms. The average molecular weight is 381 g/mol. The fourth-order valence-corrected chi connectivity index (χ4v) is 4.61. The third kappa shape index (κ3) is 3.67. The predicted octanol–water partition coefficient (Wildman–Crippen LogP) is 4.61. The number of hydrogen-bond acceptors (Lipinski definition) is 6. The van der Waals surface area contributed by atoms with Gasteiger partial charge in [-0.25, -0.2) is 9.97 Å². The molecule has 0 bridgehead atoms. The van der Waals surface area contributed by atoms with Gasteiger partial charge in [0.2, 0.25) is 0 Å². The Hall–Kier alpha value is -2.47. The molecule has 4 rings (SSSR count). The molecule has 5 nitrogen and oxygen atoms in total. The Balaban J connectivity index is 1.48. The van der Waals surface area contributed by atoms with E-state index in [1.54, 1.807) is 18.4 Å². The van der Waals surface area contributed by atoms with Crippen LogP contribution in [-0.4, -0.2) is 35.2 Å². The maximum absolute atomic E-state index is 5.48. The topological polar surface area (TPSA) is 51.1 Å². The minimum absolute atomic E-state index is 0.507. The Kier molecular flexibility index (Phi) is 5.07. The number of methoxy groups -OCH3 is 1. The van der Waals surface area contributed by atoms with Crippen molar-refractivity contribution in [2.75, 3.05) is 25.1 Å². The zero-order valence-electron chi connectivity index (χ0n) is 16.0. The van der Waals surface area contributed by atoms with Crippen LogP contribution in [0.15, 0.2) is 35.8 Å². The van der Waals surface area contributed by atoms with Crippen LogP contribution in [0.3, 0.4) is 0 Å². The first-order chi connectivity index (χ1) is 13.2. The third-order valence-electron chi connectivity index (χ3n) is 5.10. The van der Waals surface area contributed by atoms with E-state index in [1.807, 2.05) is 38.2 Å². The molecule has 6 heteroatoms. The number of para-hydroxylation sites is 1. The quantitative estimate of drug-likeness (QED) is 0.661. The SMILES string of the molecule is COc1ccccc1-c1csc(C2CCN(c3nc(C)cnc3C)CC2)n1. The summed E-state index contributed by atoms with van der Waals surface area (Å²) in [5.74, 6) is 2.41. The van der Waals surface area contributed by atoms with Gasteiger partial charge in [0.1, 0.15) is 11.6 Å². The number of ether oxygens (including phenoxy) is 1. The lowest BCUT2D eigenvalue weighted by Crippen LogP contribution is -2.34. The summed E-state index contributed by atoms with van der Waals surface area (Å²) in [5.41, 5.74) is 4.05. The number of piperidine rings is 1. The van der Waals surface area contributed by atoms with E-state index in [1.165, 1.54) is 5.01 Å². The van der Waals surface area contributed by atoms with Gasteiger partial charge in [0.15, 0.2) is 0 Å². The molecule has 0 radical (unpaired) electrons. The number of benzene rings is 1. The molecule has 0 aliphatic carbocycles. The number of hydrogen-bond donors (Lipinski definition) is 0. The van der Waals surface area contributed by atoms with Crippen molar-refractivity contribution in [2.45, 2.75) is 32.6 Å². The van der Waals surface area contributed by atoms with Crippen molar-refractivity contribution >= 4 is 17.2 Å². The molecule has 3 heterocycles. The number of aryl methyl sites for hydroxylation is 2. The summed E-state index contributed by atoms with van der Waals surface area (Å²) in [6, 6.07) is 8.07. The minimum Gasteiger partial charge on any atom is -0.496 e. The Morgan fingerprint density at radius 1 is 1.11 bits per heavy atom. The van der Waals surface area contributed by atoms with Gasteiger partial charge in [0.25, 0.3) is 0 Å². The van der Waals surface area contributed by atoms with Crippen LogP contribution in [0.1, 0.15) is 35.2 Å². The highest BCUT2D eigenvalue weighted by Gasteiger charge is 2.25. The standard InChI is InChI=1S/C21H24N4OS/c1-14-12-22-15(2)20(23-14)25-10-8-16(9-11-25)21-24-18(13-27-21)17-6-4-5-7-19(17)26-3/h4-7,12-13,16H,8-11H2,1-3H3. The molecule has 3 aromatic rings. The molecule has 2 aromatic heterocycles. The van der Waals surface area contributed by atoms with E-state index < -0.39 is 0 Å². The number of rotatable bonds is 4. The van der Waals surface area contributed by atoms with Gasteiger partial charge < -0.3 is 9.64 Å². The summed E-state index contributed by atoms with van der Waals surface area (Å²) in [6.45, 7) is 6.02. The maximum Gasteiger partial charge on any atom is 0.150 e. The van der Waals surface area contributed by atoms with E-state index in [9.17, 15) is 0 Å². The van der Waals surface area contributed by atoms with E-state index in [4.69, 9.17) is 14.7 Å². The van der Waals surface area contributed by atoms with E-state index in [0.717, 1.165) is 60.1 Å².